The molecule has 690 valence electrons. The van der Waals surface area contributed by atoms with E-state index in [9.17, 15) is 132 Å². The Morgan fingerprint density at radius 1 is 0.312 bits per heavy atom. The summed E-state index contributed by atoms with van der Waals surface area (Å²) < 4.78 is 312. The van der Waals surface area contributed by atoms with Crippen LogP contribution < -0.4 is 24.5 Å². The molecule has 0 bridgehead atoms. The molecule has 0 saturated carbocycles. The molecule has 0 unspecified atom stereocenters. The molecular formula is C80H79F15N12O15S6. The summed E-state index contributed by atoms with van der Waals surface area (Å²) in [5.74, 6) is -4.72. The first-order valence-corrected chi connectivity index (χ1v) is 46.0. The number of alkyl halides is 15. The van der Waals surface area contributed by atoms with Crippen LogP contribution in [0.2, 0.25) is 0 Å². The number of hydrogen-bond acceptors (Lipinski definition) is 23. The first-order chi connectivity index (χ1) is 59.0. The summed E-state index contributed by atoms with van der Waals surface area (Å²) in [5, 5.41) is 4.80. The van der Waals surface area contributed by atoms with Crippen LogP contribution in [0.15, 0.2) is 189 Å². The molecule has 5 amide bonds. The maximum atomic E-state index is 12.8. The molecule has 0 N–H and O–H groups in total. The monoisotopic (exact) mass is 1920 g/mol. The Morgan fingerprint density at radius 3 is 0.938 bits per heavy atom. The van der Waals surface area contributed by atoms with Gasteiger partial charge in [0.25, 0.3) is 29.5 Å². The summed E-state index contributed by atoms with van der Waals surface area (Å²) in [7, 11) is -11.9. The van der Waals surface area contributed by atoms with E-state index in [1.165, 1.54) is 143 Å². The number of hydrogen-bond donors (Lipinski definition) is 0. The Kier molecular flexibility index (Phi) is 34.1. The molecule has 0 fully saturated rings. The number of aryl methyl sites for hydroxylation is 4. The molecule has 0 atom stereocenters. The van der Waals surface area contributed by atoms with Gasteiger partial charge in [0.1, 0.15) is 23.0 Å². The normalized spacial score (nSPS) is 12.1. The molecule has 0 radical (unpaired) electrons. The Morgan fingerprint density at radius 2 is 0.617 bits per heavy atom. The van der Waals surface area contributed by atoms with Gasteiger partial charge in [0.15, 0.2) is 49.2 Å². The Balaban J connectivity index is 0.000000247. The van der Waals surface area contributed by atoms with E-state index in [1.54, 1.807) is 39.8 Å². The van der Waals surface area contributed by atoms with Crippen LogP contribution in [0.3, 0.4) is 0 Å². The van der Waals surface area contributed by atoms with Crippen molar-refractivity contribution in [1.29, 1.82) is 0 Å². The molecule has 0 aliphatic rings. The van der Waals surface area contributed by atoms with E-state index in [0.29, 0.717) is 34.6 Å². The number of anilines is 5. The van der Waals surface area contributed by atoms with Crippen molar-refractivity contribution in [2.45, 2.75) is 118 Å². The smallest absolute Gasteiger partial charge is 0.311 e. The van der Waals surface area contributed by atoms with E-state index in [2.05, 4.69) is 35.1 Å². The van der Waals surface area contributed by atoms with Gasteiger partial charge in [-0.25, -0.2) is 62.0 Å². The SMILES string of the molecule is CCS(=O)(=O)c1cc(C)ccc1C(=O)N(C)c1ccc(C(F)(F)F)cc1.CCS(=O)(=O)c1cc(C)ccc1C(=O)N(C)c1ccc(C(F)(F)F)cn1.CCS(=O)(=O)c1cc(C)cnc1C(=O)N(C)c1ccc(C(F)(F)F)cc1.CCS(=O)(=O)c1cc(C)cnc1C(=O)N(C)c1nnc(C(F)(F)F)s1.CCS(=O)(=O)c1cnccc1C(=O)N(C)c1ccc(C(F)(F)F)cn1. The van der Waals surface area contributed by atoms with Gasteiger partial charge in [0.2, 0.25) is 10.1 Å². The van der Waals surface area contributed by atoms with Gasteiger partial charge in [-0.1, -0.05) is 58.1 Å². The van der Waals surface area contributed by atoms with Crippen molar-refractivity contribution in [3.8, 4) is 0 Å². The Labute approximate surface area is 729 Å². The van der Waals surface area contributed by atoms with Crippen molar-refractivity contribution in [3.05, 3.63) is 242 Å². The van der Waals surface area contributed by atoms with Crippen molar-refractivity contribution < 1.29 is 132 Å². The zero-order chi connectivity index (χ0) is 96.9. The molecule has 128 heavy (non-hydrogen) atoms. The molecule has 27 nitrogen and oxygen atoms in total. The zero-order valence-electron chi connectivity index (χ0n) is 69.7. The molecular weight excluding hydrogens is 1850 g/mol. The number of pyridine rings is 5. The predicted octanol–water partition coefficient (Wildman–Crippen LogP) is 15.9. The Bertz CT molecular complexity index is 5960. The fourth-order valence-electron chi connectivity index (χ4n) is 10.7. The van der Waals surface area contributed by atoms with Gasteiger partial charge < -0.3 is 9.80 Å². The minimum atomic E-state index is -4.68. The van der Waals surface area contributed by atoms with Gasteiger partial charge in [-0.2, -0.15) is 65.9 Å². The lowest BCUT2D eigenvalue weighted by molar-refractivity contribution is -0.138. The third-order valence-electron chi connectivity index (χ3n) is 18.2. The maximum absolute atomic E-state index is 12.8. The molecule has 0 saturated heterocycles. The van der Waals surface area contributed by atoms with Crippen molar-refractivity contribution in [2.75, 3.05) is 88.5 Å². The molecule has 48 heteroatoms. The summed E-state index contributed by atoms with van der Waals surface area (Å²) >= 11 is 0.174. The topological polar surface area (TPSA) is 362 Å². The number of halogens is 15. The highest BCUT2D eigenvalue weighted by atomic mass is 32.2. The van der Waals surface area contributed by atoms with E-state index in [4.69, 9.17) is 0 Å². The number of sulfone groups is 5. The third kappa shape index (κ3) is 26.5. The fraction of sp³-hybridized carbons (Fsp3) is 0.300. The average Bonchev–Trinajstić information content (AvgIpc) is 1.07. The van der Waals surface area contributed by atoms with Crippen LogP contribution in [-0.4, -0.2) is 171 Å². The first-order valence-electron chi connectivity index (χ1n) is 36.9. The summed E-state index contributed by atoms with van der Waals surface area (Å²) in [5.41, 5.74) is -1.52. The van der Waals surface area contributed by atoms with Crippen LogP contribution in [0.25, 0.3) is 0 Å². The fourth-order valence-corrected chi connectivity index (χ4v) is 16.9. The van der Waals surface area contributed by atoms with Gasteiger partial charge in [-0.05, 0) is 165 Å². The predicted molar refractivity (Wildman–Crippen MR) is 443 cm³/mol. The van der Waals surface area contributed by atoms with Crippen molar-refractivity contribution in [2.24, 2.45) is 0 Å². The maximum Gasteiger partial charge on any atom is 0.445 e. The van der Waals surface area contributed by atoms with Crippen molar-refractivity contribution >= 4 is 118 Å². The standard InChI is InChI=1S/C18H18F3NO3S.2C17H17F3N2O3S.C15H14F3N3O3S.C13H13F3N4O3S2/c1-4-26(24,25)16-11-12(2)5-10-15(16)17(23)22(3)14-8-6-13(7-9-14)18(19,20)21;1-4-26(24,25)14-9-11(2)10-21-15(14)16(23)22(3)13-7-5-12(6-8-13)17(18,19)20;1-4-26(24,25)14-9-11(2)5-7-13(14)16(23)22(3)15-8-6-12(10-21-15)17(18,19)20;1-3-25(23,24)12-9-19-7-6-11(12)14(22)21(2)13-5-4-10(8-20-13)15(16,17)18;1-4-25(22,23)8-5-7(2)6-17-9(8)10(21)20(3)12-19-18-11(24-12)13(14,15)16/h5-11H,4H2,1-3H3;2*5-10H,4H2,1-3H3;4-9H,3H2,1-2H3;5-6H,4H2,1-3H3. The van der Waals surface area contributed by atoms with Crippen LogP contribution in [0.1, 0.15) is 136 Å². The first kappa shape index (κ1) is 105. The Hall–Kier alpha value is -11.8. The van der Waals surface area contributed by atoms with E-state index in [0.717, 1.165) is 91.4 Å². The molecule has 6 heterocycles. The second kappa shape index (κ2) is 41.6. The van der Waals surface area contributed by atoms with Gasteiger partial charge in [0, 0.05) is 83.8 Å². The number of nitrogens with zero attached hydrogens (tertiary/aromatic N) is 12. The molecule has 0 aliphatic heterocycles. The summed E-state index contributed by atoms with van der Waals surface area (Å²) in [4.78, 5) is 86.2. The summed E-state index contributed by atoms with van der Waals surface area (Å²) in [6, 6.07) is 24.5. The van der Waals surface area contributed by atoms with Crippen LogP contribution in [0.5, 0.6) is 0 Å². The second-order valence-corrected chi connectivity index (χ2v) is 39.4. The highest BCUT2D eigenvalue weighted by molar-refractivity contribution is 7.92. The van der Waals surface area contributed by atoms with E-state index < -0.39 is 137 Å². The van der Waals surface area contributed by atoms with Crippen molar-refractivity contribution in [1.82, 2.24) is 35.1 Å². The van der Waals surface area contributed by atoms with Gasteiger partial charge in [-0.3, -0.25) is 43.7 Å². The van der Waals surface area contributed by atoms with Gasteiger partial charge >= 0.3 is 30.9 Å². The summed E-state index contributed by atoms with van der Waals surface area (Å²) in [6.07, 6.45) is -16.5. The van der Waals surface area contributed by atoms with Gasteiger partial charge in [0.05, 0.1) is 92.2 Å². The van der Waals surface area contributed by atoms with Crippen LogP contribution >= 0.6 is 11.3 Å². The lowest BCUT2D eigenvalue weighted by Crippen LogP contribution is -2.29. The molecule has 10 rings (SSSR count). The van der Waals surface area contributed by atoms with Crippen LogP contribution in [0.4, 0.5) is 94.0 Å². The minimum absolute atomic E-state index is 0.0140. The number of rotatable bonds is 20. The molecule has 0 spiro atoms. The van der Waals surface area contributed by atoms with E-state index in [-0.39, 0.29) is 121 Å². The number of aromatic nitrogens is 7. The molecule has 0 aliphatic carbocycles. The highest BCUT2D eigenvalue weighted by Crippen LogP contribution is 2.38. The van der Waals surface area contributed by atoms with Crippen molar-refractivity contribution in [3.63, 3.8) is 0 Å². The largest absolute Gasteiger partial charge is 0.445 e. The van der Waals surface area contributed by atoms with E-state index in [1.807, 2.05) is 0 Å². The molecule has 6 aromatic heterocycles. The average molecular weight is 1930 g/mol. The molecule has 4 aromatic carbocycles. The van der Waals surface area contributed by atoms with Crippen LogP contribution in [0, 0.1) is 27.7 Å². The van der Waals surface area contributed by atoms with Gasteiger partial charge in [-0.15, -0.1) is 10.2 Å². The summed E-state index contributed by atoms with van der Waals surface area (Å²) in [6.45, 7) is 13.9. The number of carbonyl (C=O) groups is 5. The minimum Gasteiger partial charge on any atom is -0.311 e. The number of carbonyl (C=O) groups excluding carboxylic acids is 5. The number of amides is 5. The van der Waals surface area contributed by atoms with Crippen LogP contribution in [-0.2, 0) is 80.1 Å². The lowest BCUT2D eigenvalue weighted by atomic mass is 10.1. The third-order valence-corrected chi connectivity index (χ3v) is 28.0. The quantitative estimate of drug-likeness (QED) is 0.0640. The lowest BCUT2D eigenvalue weighted by Gasteiger charge is -2.20. The van der Waals surface area contributed by atoms with E-state index >= 15 is 0 Å². The second-order valence-electron chi connectivity index (χ2n) is 27.2. The number of benzene rings is 4. The zero-order valence-corrected chi connectivity index (χ0v) is 74.6. The molecule has 10 aromatic rings. The highest BCUT2D eigenvalue weighted by Gasteiger charge is 2.40.